The number of anilines is 3. The van der Waals surface area contributed by atoms with E-state index < -0.39 is 0 Å². The monoisotopic (exact) mass is 509 g/mol. The molecule has 29 heavy (non-hydrogen) atoms. The summed E-state index contributed by atoms with van der Waals surface area (Å²) in [5.41, 5.74) is 7.40. The van der Waals surface area contributed by atoms with Crippen LogP contribution in [-0.4, -0.2) is 0 Å². The summed E-state index contributed by atoms with van der Waals surface area (Å²) in [4.78, 5) is 2.37. The zero-order valence-electron chi connectivity index (χ0n) is 16.9. The summed E-state index contributed by atoms with van der Waals surface area (Å²) in [5, 5.41) is 0. The summed E-state index contributed by atoms with van der Waals surface area (Å²) in [7, 11) is 0. The molecule has 0 saturated heterocycles. The quantitative estimate of drug-likeness (QED) is 0.340. The van der Waals surface area contributed by atoms with Crippen molar-refractivity contribution in [3.63, 3.8) is 0 Å². The molecule has 3 aromatic rings. The van der Waals surface area contributed by atoms with Gasteiger partial charge in [-0.25, -0.2) is 0 Å². The van der Waals surface area contributed by atoms with E-state index in [0.29, 0.717) is 10.8 Å². The van der Waals surface area contributed by atoms with Gasteiger partial charge in [-0.15, -0.1) is 0 Å². The molecular formula is C26H25Br2N. The van der Waals surface area contributed by atoms with Gasteiger partial charge in [0.05, 0.1) is 0 Å². The van der Waals surface area contributed by atoms with E-state index in [1.54, 1.807) is 11.1 Å². The highest BCUT2D eigenvalue weighted by atomic mass is 79.9. The van der Waals surface area contributed by atoms with E-state index in [1.807, 2.05) is 0 Å². The van der Waals surface area contributed by atoms with Gasteiger partial charge in [0.1, 0.15) is 0 Å². The molecular weight excluding hydrogens is 486 g/mol. The van der Waals surface area contributed by atoms with Crippen LogP contribution in [-0.2, 0) is 10.8 Å². The third kappa shape index (κ3) is 3.27. The molecule has 3 aliphatic rings. The van der Waals surface area contributed by atoms with E-state index >= 15 is 0 Å². The smallest absolute Gasteiger partial charge is 0.0464 e. The zero-order valence-corrected chi connectivity index (χ0v) is 20.1. The molecule has 3 aliphatic carbocycles. The van der Waals surface area contributed by atoms with Crippen molar-refractivity contribution in [3.05, 3.63) is 86.8 Å². The molecule has 6 rings (SSSR count). The van der Waals surface area contributed by atoms with Gasteiger partial charge < -0.3 is 4.90 Å². The van der Waals surface area contributed by atoms with Crippen LogP contribution in [0.25, 0.3) is 0 Å². The Morgan fingerprint density at radius 1 is 0.586 bits per heavy atom. The highest BCUT2D eigenvalue weighted by Crippen LogP contribution is 2.57. The molecule has 3 heteroatoms. The van der Waals surface area contributed by atoms with Crippen LogP contribution in [0.2, 0.25) is 0 Å². The van der Waals surface area contributed by atoms with Crippen LogP contribution in [0.4, 0.5) is 17.1 Å². The summed E-state index contributed by atoms with van der Waals surface area (Å²) in [6.07, 6.45) is 5.24. The van der Waals surface area contributed by atoms with Crippen LogP contribution in [0.5, 0.6) is 0 Å². The fraction of sp³-hybridized carbons (Fsp3) is 0.308. The molecule has 0 N–H and O–H groups in total. The fourth-order valence-electron chi connectivity index (χ4n) is 5.22. The molecule has 0 aromatic heterocycles. The van der Waals surface area contributed by atoms with Crippen molar-refractivity contribution in [2.45, 2.75) is 50.4 Å². The first-order valence-electron chi connectivity index (χ1n) is 10.3. The Morgan fingerprint density at radius 3 is 1.48 bits per heavy atom. The van der Waals surface area contributed by atoms with Gasteiger partial charge in [0.2, 0.25) is 0 Å². The lowest BCUT2D eigenvalue weighted by Gasteiger charge is -2.52. The van der Waals surface area contributed by atoms with E-state index in [1.165, 1.54) is 42.7 Å². The van der Waals surface area contributed by atoms with Crippen LogP contribution in [0.1, 0.15) is 50.7 Å². The second kappa shape index (κ2) is 6.99. The van der Waals surface area contributed by atoms with E-state index in [9.17, 15) is 0 Å². The van der Waals surface area contributed by atoms with Gasteiger partial charge >= 0.3 is 0 Å². The Hall–Kier alpha value is -1.58. The lowest BCUT2D eigenvalue weighted by atomic mass is 9.52. The summed E-state index contributed by atoms with van der Waals surface area (Å²) >= 11 is 7.15. The molecule has 0 spiro atoms. The van der Waals surface area contributed by atoms with Gasteiger partial charge in [0, 0.05) is 26.0 Å². The van der Waals surface area contributed by atoms with Crippen molar-refractivity contribution in [1.29, 1.82) is 0 Å². The normalized spacial score (nSPS) is 25.0. The molecule has 0 atom stereocenters. The maximum Gasteiger partial charge on any atom is 0.0464 e. The maximum atomic E-state index is 3.58. The topological polar surface area (TPSA) is 3.24 Å². The standard InChI is InChI=1S/C26H25Br2N/c1-25-13-15-26(2,16-14-25)24-17-22(11-12-23(24)25)29(20-7-3-18(27)4-8-20)21-9-5-19(28)6-10-21/h3-12,17H,13-16H2,1-2H3. The lowest BCUT2D eigenvalue weighted by molar-refractivity contribution is 0.188. The Bertz CT molecular complexity index is 1000. The first-order valence-corrected chi connectivity index (χ1v) is 11.9. The first-order chi connectivity index (χ1) is 13.9. The summed E-state index contributed by atoms with van der Waals surface area (Å²) in [5.74, 6) is 0. The molecule has 148 valence electrons. The van der Waals surface area contributed by atoms with Crippen LogP contribution in [0.3, 0.4) is 0 Å². The number of benzene rings is 3. The van der Waals surface area contributed by atoms with Crippen LogP contribution < -0.4 is 4.90 Å². The molecule has 2 bridgehead atoms. The molecule has 0 radical (unpaired) electrons. The van der Waals surface area contributed by atoms with Gasteiger partial charge in [0.25, 0.3) is 0 Å². The number of hydrogen-bond donors (Lipinski definition) is 0. The largest absolute Gasteiger partial charge is 0.310 e. The molecule has 0 heterocycles. The van der Waals surface area contributed by atoms with Crippen molar-refractivity contribution in [1.82, 2.24) is 0 Å². The number of hydrogen-bond acceptors (Lipinski definition) is 1. The predicted molar refractivity (Wildman–Crippen MR) is 130 cm³/mol. The summed E-state index contributed by atoms with van der Waals surface area (Å²) in [6.45, 7) is 4.93. The van der Waals surface area contributed by atoms with Crippen LogP contribution in [0, 0.1) is 0 Å². The van der Waals surface area contributed by atoms with E-state index in [4.69, 9.17) is 0 Å². The fourth-order valence-corrected chi connectivity index (χ4v) is 5.75. The molecule has 1 fully saturated rings. The Labute approximate surface area is 190 Å². The molecule has 1 nitrogen and oxygen atoms in total. The second-order valence-corrected chi connectivity index (χ2v) is 11.0. The van der Waals surface area contributed by atoms with Gasteiger partial charge in [-0.2, -0.15) is 0 Å². The van der Waals surface area contributed by atoms with Crippen LogP contribution >= 0.6 is 31.9 Å². The SMILES string of the molecule is CC12CCC(C)(CC1)c1cc(N(c3ccc(Br)cc3)c3ccc(Br)cc3)ccc12. The average Bonchev–Trinajstić information content (AvgIpc) is 2.73. The van der Waals surface area contributed by atoms with Crippen molar-refractivity contribution < 1.29 is 0 Å². The minimum absolute atomic E-state index is 0.314. The minimum Gasteiger partial charge on any atom is -0.310 e. The molecule has 0 unspecified atom stereocenters. The Kier molecular flexibility index (Phi) is 4.67. The van der Waals surface area contributed by atoms with Crippen molar-refractivity contribution in [2.75, 3.05) is 4.90 Å². The van der Waals surface area contributed by atoms with E-state index in [0.717, 1.165) is 8.95 Å². The zero-order chi connectivity index (χ0) is 20.2. The highest BCUT2D eigenvalue weighted by Gasteiger charge is 2.47. The number of halogens is 2. The van der Waals surface area contributed by atoms with Gasteiger partial charge in [-0.3, -0.25) is 0 Å². The third-order valence-electron chi connectivity index (χ3n) is 7.19. The molecule has 1 saturated carbocycles. The molecule has 0 aliphatic heterocycles. The average molecular weight is 511 g/mol. The minimum atomic E-state index is 0.314. The third-order valence-corrected chi connectivity index (χ3v) is 8.25. The van der Waals surface area contributed by atoms with Gasteiger partial charge in [-0.05, 0) is 108 Å². The summed E-state index contributed by atoms with van der Waals surface area (Å²) in [6, 6.07) is 24.4. The number of nitrogens with zero attached hydrogens (tertiary/aromatic N) is 1. The van der Waals surface area contributed by atoms with Gasteiger partial charge in [-0.1, -0.05) is 51.8 Å². The van der Waals surface area contributed by atoms with E-state index in [2.05, 4.69) is 117 Å². The molecule has 0 amide bonds. The number of fused-ring (bicyclic) bond motifs is 2. The van der Waals surface area contributed by atoms with Crippen molar-refractivity contribution in [3.8, 4) is 0 Å². The number of rotatable bonds is 3. The second-order valence-electron chi connectivity index (χ2n) is 9.14. The maximum absolute atomic E-state index is 3.58. The van der Waals surface area contributed by atoms with Crippen molar-refractivity contribution >= 4 is 48.9 Å². The lowest BCUT2D eigenvalue weighted by Crippen LogP contribution is -2.44. The van der Waals surface area contributed by atoms with Gasteiger partial charge in [0.15, 0.2) is 0 Å². The van der Waals surface area contributed by atoms with Crippen LogP contribution in [0.15, 0.2) is 75.7 Å². The Morgan fingerprint density at radius 2 is 1.00 bits per heavy atom. The predicted octanol–water partition coefficient (Wildman–Crippen LogP) is 8.78. The van der Waals surface area contributed by atoms with E-state index in [-0.39, 0.29) is 0 Å². The highest BCUT2D eigenvalue weighted by molar-refractivity contribution is 9.10. The Balaban J connectivity index is 1.67. The summed E-state index contributed by atoms with van der Waals surface area (Å²) < 4.78 is 2.19. The van der Waals surface area contributed by atoms with Crippen molar-refractivity contribution in [2.24, 2.45) is 0 Å². The molecule has 3 aromatic carbocycles. The first kappa shape index (κ1) is 19.4.